The van der Waals surface area contributed by atoms with Crippen LogP contribution in [0.3, 0.4) is 0 Å². The average Bonchev–Trinajstić information content (AvgIpc) is 2.75. The second kappa shape index (κ2) is 9.63. The Balaban J connectivity index is 1.62. The molecule has 0 unspecified atom stereocenters. The van der Waals surface area contributed by atoms with E-state index in [2.05, 4.69) is 10.4 Å². The van der Waals surface area contributed by atoms with Crippen molar-refractivity contribution < 1.29 is 19.2 Å². The average molecular weight is 443 g/mol. The van der Waals surface area contributed by atoms with Gasteiger partial charge in [-0.15, -0.1) is 0 Å². The summed E-state index contributed by atoms with van der Waals surface area (Å²) in [6.07, 6.45) is 0. The first-order valence-electron chi connectivity index (χ1n) is 8.86. The van der Waals surface area contributed by atoms with Gasteiger partial charge in [-0.2, -0.15) is 5.10 Å². The number of aromatic nitrogens is 2. The van der Waals surface area contributed by atoms with Crippen LogP contribution < -0.4 is 10.9 Å². The van der Waals surface area contributed by atoms with Gasteiger partial charge in [0.15, 0.2) is 12.3 Å². The predicted octanol–water partition coefficient (Wildman–Crippen LogP) is 2.65. The van der Waals surface area contributed by atoms with Gasteiger partial charge in [-0.1, -0.05) is 41.9 Å². The molecule has 10 nitrogen and oxygen atoms in total. The highest BCUT2D eigenvalue weighted by atomic mass is 35.5. The molecule has 158 valence electrons. The molecule has 0 atom stereocenters. The van der Waals surface area contributed by atoms with Crippen LogP contribution in [0.15, 0.2) is 65.5 Å². The second-order valence-corrected chi connectivity index (χ2v) is 6.65. The van der Waals surface area contributed by atoms with Crippen LogP contribution in [0.25, 0.3) is 0 Å². The molecule has 3 rings (SSSR count). The molecule has 1 heterocycles. The Hall–Kier alpha value is -4.05. The molecule has 0 aliphatic carbocycles. The summed E-state index contributed by atoms with van der Waals surface area (Å²) in [6.45, 7) is -0.495. The molecule has 31 heavy (non-hydrogen) atoms. The van der Waals surface area contributed by atoms with E-state index in [0.29, 0.717) is 0 Å². The van der Waals surface area contributed by atoms with Gasteiger partial charge in [-0.3, -0.25) is 19.7 Å². The van der Waals surface area contributed by atoms with Crippen molar-refractivity contribution in [3.05, 3.63) is 97.4 Å². The molecule has 0 spiro atoms. The highest BCUT2D eigenvalue weighted by Crippen LogP contribution is 2.27. The van der Waals surface area contributed by atoms with E-state index < -0.39 is 29.0 Å². The topological polar surface area (TPSA) is 133 Å². The SMILES string of the molecule is O=C(COC(=O)c1ccc(=O)n(Cc2ccccc2)n1)Nc1ccc(Cl)c([N+](=O)[O-])c1. The van der Waals surface area contributed by atoms with Crippen LogP contribution in [-0.4, -0.2) is 33.2 Å². The minimum atomic E-state index is -0.904. The molecule has 0 saturated heterocycles. The molecule has 11 heteroatoms. The zero-order valence-electron chi connectivity index (χ0n) is 15.9. The first-order valence-corrected chi connectivity index (χ1v) is 9.24. The molecule has 1 N–H and O–H groups in total. The van der Waals surface area contributed by atoms with E-state index >= 15 is 0 Å². The predicted molar refractivity (Wildman–Crippen MR) is 111 cm³/mol. The number of hydrogen-bond donors (Lipinski definition) is 1. The van der Waals surface area contributed by atoms with Crippen LogP contribution >= 0.6 is 11.6 Å². The van der Waals surface area contributed by atoms with E-state index in [9.17, 15) is 24.5 Å². The molecule has 1 aromatic heterocycles. The third-order valence-electron chi connectivity index (χ3n) is 4.01. The number of nitrogens with zero attached hydrogens (tertiary/aromatic N) is 3. The lowest BCUT2D eigenvalue weighted by Crippen LogP contribution is -2.26. The molecule has 0 radical (unpaired) electrons. The van der Waals surface area contributed by atoms with Crippen molar-refractivity contribution >= 4 is 34.9 Å². The van der Waals surface area contributed by atoms with Gasteiger partial charge in [0.1, 0.15) is 5.02 Å². The number of nitro benzene ring substituents is 1. The summed E-state index contributed by atoms with van der Waals surface area (Å²) < 4.78 is 6.03. The number of carbonyl (C=O) groups excluding carboxylic acids is 2. The van der Waals surface area contributed by atoms with Gasteiger partial charge in [0.2, 0.25) is 0 Å². The van der Waals surface area contributed by atoms with Crippen LogP contribution in [0.4, 0.5) is 11.4 Å². The van der Waals surface area contributed by atoms with Crippen molar-refractivity contribution in [3.8, 4) is 0 Å². The quantitative estimate of drug-likeness (QED) is 0.337. The lowest BCUT2D eigenvalue weighted by Gasteiger charge is -2.08. The van der Waals surface area contributed by atoms with Crippen molar-refractivity contribution in [1.82, 2.24) is 9.78 Å². The normalized spacial score (nSPS) is 10.4. The van der Waals surface area contributed by atoms with Crippen molar-refractivity contribution in [2.45, 2.75) is 6.54 Å². The van der Waals surface area contributed by atoms with Gasteiger partial charge in [-0.05, 0) is 23.8 Å². The van der Waals surface area contributed by atoms with E-state index in [0.717, 1.165) is 16.3 Å². The lowest BCUT2D eigenvalue weighted by atomic mass is 10.2. The highest BCUT2D eigenvalue weighted by Gasteiger charge is 2.16. The molecule has 0 fully saturated rings. The van der Waals surface area contributed by atoms with Crippen molar-refractivity contribution in [2.75, 3.05) is 11.9 Å². The summed E-state index contributed by atoms with van der Waals surface area (Å²) in [7, 11) is 0. The van der Waals surface area contributed by atoms with E-state index in [4.69, 9.17) is 16.3 Å². The molecule has 3 aromatic rings. The third-order valence-corrected chi connectivity index (χ3v) is 4.33. The van der Waals surface area contributed by atoms with Gasteiger partial charge in [-0.25, -0.2) is 9.48 Å². The van der Waals surface area contributed by atoms with Gasteiger partial charge in [0.25, 0.3) is 17.2 Å². The summed E-state index contributed by atoms with van der Waals surface area (Å²) in [5.74, 6) is -1.62. The smallest absolute Gasteiger partial charge is 0.359 e. The molecular weight excluding hydrogens is 428 g/mol. The monoisotopic (exact) mass is 442 g/mol. The summed E-state index contributed by atoms with van der Waals surface area (Å²) in [5, 5.41) is 17.2. The molecule has 2 aromatic carbocycles. The zero-order valence-corrected chi connectivity index (χ0v) is 16.6. The highest BCUT2D eigenvalue weighted by molar-refractivity contribution is 6.32. The maximum absolute atomic E-state index is 12.2. The third kappa shape index (κ3) is 5.73. The Kier molecular flexibility index (Phi) is 6.73. The van der Waals surface area contributed by atoms with Crippen molar-refractivity contribution in [1.29, 1.82) is 0 Å². The van der Waals surface area contributed by atoms with Gasteiger partial charge >= 0.3 is 5.97 Å². The van der Waals surface area contributed by atoms with Gasteiger partial charge in [0, 0.05) is 17.8 Å². The van der Waals surface area contributed by atoms with E-state index in [1.165, 1.54) is 24.3 Å². The second-order valence-electron chi connectivity index (χ2n) is 6.25. The standard InChI is InChI=1S/C20H15ClN4O6/c21-15-7-6-14(10-17(15)25(29)30)22-18(26)12-31-20(28)16-8-9-19(27)24(23-16)11-13-4-2-1-3-5-13/h1-10H,11-12H2,(H,22,26). The molecule has 1 amide bonds. The largest absolute Gasteiger partial charge is 0.451 e. The fourth-order valence-electron chi connectivity index (χ4n) is 2.56. The first kappa shape index (κ1) is 21.7. The lowest BCUT2D eigenvalue weighted by molar-refractivity contribution is -0.384. The number of amides is 1. The molecule has 0 saturated carbocycles. The number of nitro groups is 1. The minimum Gasteiger partial charge on any atom is -0.451 e. The Labute approximate surface area is 180 Å². The summed E-state index contributed by atoms with van der Waals surface area (Å²) >= 11 is 5.72. The van der Waals surface area contributed by atoms with E-state index in [1.54, 1.807) is 0 Å². The Morgan fingerprint density at radius 2 is 1.87 bits per heavy atom. The van der Waals surface area contributed by atoms with Gasteiger partial charge < -0.3 is 10.1 Å². The van der Waals surface area contributed by atoms with Gasteiger partial charge in [0.05, 0.1) is 11.5 Å². The van der Waals surface area contributed by atoms with Crippen LogP contribution in [0.1, 0.15) is 16.1 Å². The number of anilines is 1. The molecule has 0 aliphatic heterocycles. The first-order chi connectivity index (χ1) is 14.8. The molecular formula is C20H15ClN4O6. The fourth-order valence-corrected chi connectivity index (χ4v) is 2.75. The van der Waals surface area contributed by atoms with E-state index in [-0.39, 0.29) is 28.6 Å². The number of hydrogen-bond acceptors (Lipinski definition) is 7. The number of esters is 1. The Morgan fingerprint density at radius 1 is 1.13 bits per heavy atom. The molecule has 0 aliphatic rings. The fraction of sp³-hybridized carbons (Fsp3) is 0.100. The maximum atomic E-state index is 12.2. The zero-order chi connectivity index (χ0) is 22.4. The maximum Gasteiger partial charge on any atom is 0.359 e. The number of rotatable bonds is 7. The van der Waals surface area contributed by atoms with E-state index in [1.807, 2.05) is 30.3 Å². The summed E-state index contributed by atoms with van der Waals surface area (Å²) in [5.41, 5.74) is 0.0139. The van der Waals surface area contributed by atoms with Crippen molar-refractivity contribution in [3.63, 3.8) is 0 Å². The van der Waals surface area contributed by atoms with Crippen LogP contribution in [0.2, 0.25) is 5.02 Å². The number of ether oxygens (including phenoxy) is 1. The Bertz CT molecular complexity index is 1200. The summed E-state index contributed by atoms with van der Waals surface area (Å²) in [6, 6.07) is 15.2. The summed E-state index contributed by atoms with van der Waals surface area (Å²) in [4.78, 5) is 46.4. The number of nitrogens with one attached hydrogen (secondary N) is 1. The number of benzene rings is 2. The number of halogens is 1. The van der Waals surface area contributed by atoms with Crippen LogP contribution in [0, 0.1) is 10.1 Å². The van der Waals surface area contributed by atoms with Crippen molar-refractivity contribution in [2.24, 2.45) is 0 Å². The minimum absolute atomic E-state index is 0.0777. The molecule has 0 bridgehead atoms. The van der Waals surface area contributed by atoms with Crippen LogP contribution in [0.5, 0.6) is 0 Å². The number of carbonyl (C=O) groups is 2. The van der Waals surface area contributed by atoms with Crippen LogP contribution in [-0.2, 0) is 16.1 Å². The Morgan fingerprint density at radius 3 is 2.58 bits per heavy atom.